The zero-order valence-corrected chi connectivity index (χ0v) is 9.26. The van der Waals surface area contributed by atoms with Crippen LogP contribution in [-0.2, 0) is 4.74 Å². The lowest BCUT2D eigenvalue weighted by Gasteiger charge is -2.21. The summed E-state index contributed by atoms with van der Waals surface area (Å²) < 4.78 is 5.01. The van der Waals surface area contributed by atoms with Crippen LogP contribution in [0.1, 0.15) is 11.4 Å². The quantitative estimate of drug-likeness (QED) is 0.773. The number of pyridine rings is 1. The summed E-state index contributed by atoms with van der Waals surface area (Å²) in [6.45, 7) is 3.37. The Balaban J connectivity index is 2.02. The van der Waals surface area contributed by atoms with Crippen molar-refractivity contribution < 1.29 is 4.74 Å². The van der Waals surface area contributed by atoms with Crippen molar-refractivity contribution >= 4 is 11.9 Å². The van der Waals surface area contributed by atoms with Crippen LogP contribution in [0.4, 0.5) is 0 Å². The van der Waals surface area contributed by atoms with Crippen molar-refractivity contribution in [2.24, 2.45) is 10.7 Å². The fourth-order valence-corrected chi connectivity index (χ4v) is 1.34. The highest BCUT2D eigenvalue weighted by Gasteiger charge is 2.15. The molecule has 0 aromatic carbocycles. The van der Waals surface area contributed by atoms with Crippen LogP contribution in [0.5, 0.6) is 0 Å². The van der Waals surface area contributed by atoms with E-state index < -0.39 is 0 Å². The molecule has 4 heteroatoms. The zero-order chi connectivity index (χ0) is 11.4. The lowest BCUT2D eigenvalue weighted by molar-refractivity contribution is 0.0135. The molecule has 0 saturated carbocycles. The van der Waals surface area contributed by atoms with Gasteiger partial charge in [0.25, 0.3) is 0 Å². The molecule has 2 N–H and O–H groups in total. The van der Waals surface area contributed by atoms with Crippen LogP contribution in [0.2, 0.25) is 0 Å². The Morgan fingerprint density at radius 3 is 3.00 bits per heavy atom. The smallest absolute Gasteiger partial charge is 0.0965 e. The highest BCUT2D eigenvalue weighted by Crippen LogP contribution is 2.07. The van der Waals surface area contributed by atoms with E-state index in [2.05, 4.69) is 9.98 Å². The molecule has 16 heavy (non-hydrogen) atoms. The van der Waals surface area contributed by atoms with E-state index >= 15 is 0 Å². The molecular weight excluding hydrogens is 202 g/mol. The first-order valence-electron chi connectivity index (χ1n) is 5.26. The summed E-state index contributed by atoms with van der Waals surface area (Å²) in [6, 6.07) is 6.07. The molecule has 0 spiro atoms. The molecule has 2 rings (SSSR count). The summed E-state index contributed by atoms with van der Waals surface area (Å²) >= 11 is 0. The maximum Gasteiger partial charge on any atom is 0.0965 e. The van der Waals surface area contributed by atoms with Gasteiger partial charge in [0.1, 0.15) is 0 Å². The number of aliphatic imine (C=N–C) groups is 1. The molecule has 0 unspecified atom stereocenters. The zero-order valence-electron chi connectivity index (χ0n) is 9.26. The van der Waals surface area contributed by atoms with Gasteiger partial charge in [-0.15, -0.1) is 0 Å². The summed E-state index contributed by atoms with van der Waals surface area (Å²) in [5, 5.41) is 0. The van der Waals surface area contributed by atoms with Gasteiger partial charge in [0, 0.05) is 11.9 Å². The molecule has 0 radical (unpaired) electrons. The minimum atomic E-state index is 0.300. The molecule has 2 heterocycles. The third kappa shape index (κ3) is 2.67. The second kappa shape index (κ2) is 4.90. The van der Waals surface area contributed by atoms with Crippen molar-refractivity contribution in [3.05, 3.63) is 35.7 Å². The molecule has 1 aromatic rings. The molecule has 1 aliphatic rings. The van der Waals surface area contributed by atoms with E-state index in [1.807, 2.05) is 25.1 Å². The number of allylic oxidation sites excluding steroid dienone is 1. The van der Waals surface area contributed by atoms with Crippen LogP contribution in [0.25, 0.3) is 5.70 Å². The Morgan fingerprint density at radius 2 is 2.38 bits per heavy atom. The number of aryl methyl sites for hydroxylation is 1. The number of ether oxygens (including phenoxy) is 1. The Bertz CT molecular complexity index is 422. The minimum absolute atomic E-state index is 0.300. The molecule has 0 amide bonds. The van der Waals surface area contributed by atoms with Gasteiger partial charge in [-0.2, -0.15) is 0 Å². The van der Waals surface area contributed by atoms with E-state index in [9.17, 15) is 0 Å². The number of nitrogens with two attached hydrogens (primary N) is 1. The van der Waals surface area contributed by atoms with Crippen molar-refractivity contribution in [2.75, 3.05) is 13.2 Å². The lowest BCUT2D eigenvalue weighted by atomic mass is 10.2. The van der Waals surface area contributed by atoms with E-state index in [-0.39, 0.29) is 0 Å². The molecule has 0 atom stereocenters. The Labute approximate surface area is 94.9 Å². The number of hydrogen-bond acceptors (Lipinski definition) is 4. The maximum absolute atomic E-state index is 5.89. The van der Waals surface area contributed by atoms with E-state index in [1.165, 1.54) is 0 Å². The minimum Gasteiger partial charge on any atom is -0.397 e. The van der Waals surface area contributed by atoms with Crippen molar-refractivity contribution in [3.8, 4) is 0 Å². The molecule has 1 aromatic heterocycles. The van der Waals surface area contributed by atoms with Crippen LogP contribution in [-0.4, -0.2) is 30.5 Å². The molecule has 0 bridgehead atoms. The van der Waals surface area contributed by atoms with Crippen LogP contribution in [0.3, 0.4) is 0 Å². The predicted molar refractivity (Wildman–Crippen MR) is 64.2 cm³/mol. The second-order valence-electron chi connectivity index (χ2n) is 3.78. The average Bonchev–Trinajstić information content (AvgIpc) is 2.21. The third-order valence-corrected chi connectivity index (χ3v) is 2.36. The Morgan fingerprint density at radius 1 is 1.56 bits per heavy atom. The maximum atomic E-state index is 5.89. The SMILES string of the molecule is Cc1cccc(C(N)=CC=NC2COC2)n1. The van der Waals surface area contributed by atoms with Crippen LogP contribution < -0.4 is 5.73 Å². The average molecular weight is 217 g/mol. The second-order valence-corrected chi connectivity index (χ2v) is 3.78. The fraction of sp³-hybridized carbons (Fsp3) is 0.333. The highest BCUT2D eigenvalue weighted by atomic mass is 16.5. The number of aromatic nitrogens is 1. The monoisotopic (exact) mass is 217 g/mol. The van der Waals surface area contributed by atoms with E-state index in [0.717, 1.165) is 11.4 Å². The topological polar surface area (TPSA) is 60.5 Å². The molecule has 1 fully saturated rings. The van der Waals surface area contributed by atoms with Crippen LogP contribution in [0, 0.1) is 6.92 Å². The summed E-state index contributed by atoms with van der Waals surface area (Å²) in [5.41, 5.74) is 8.26. The largest absolute Gasteiger partial charge is 0.397 e. The van der Waals surface area contributed by atoms with E-state index in [4.69, 9.17) is 10.5 Å². The van der Waals surface area contributed by atoms with Crippen LogP contribution >= 0.6 is 0 Å². The number of nitrogens with zero attached hydrogens (tertiary/aromatic N) is 2. The number of rotatable bonds is 3. The normalized spacial score (nSPS) is 17.7. The van der Waals surface area contributed by atoms with Crippen molar-refractivity contribution in [1.29, 1.82) is 0 Å². The first-order valence-corrected chi connectivity index (χ1v) is 5.26. The molecule has 1 saturated heterocycles. The van der Waals surface area contributed by atoms with Gasteiger partial charge in [-0.25, -0.2) is 0 Å². The standard InChI is InChI=1S/C12H15N3O/c1-9-3-2-4-12(15-9)11(13)5-6-14-10-7-16-8-10/h2-6,10H,7-8,13H2,1H3. The third-order valence-electron chi connectivity index (χ3n) is 2.36. The highest BCUT2D eigenvalue weighted by molar-refractivity contribution is 5.82. The Kier molecular flexibility index (Phi) is 3.31. The first kappa shape index (κ1) is 10.8. The van der Waals surface area contributed by atoms with Gasteiger partial charge < -0.3 is 10.5 Å². The van der Waals surface area contributed by atoms with Gasteiger partial charge >= 0.3 is 0 Å². The molecule has 1 aliphatic heterocycles. The Hall–Kier alpha value is -1.68. The lowest BCUT2D eigenvalue weighted by Crippen LogP contribution is -2.31. The molecule has 4 nitrogen and oxygen atoms in total. The molecular formula is C12H15N3O. The molecule has 84 valence electrons. The van der Waals surface area contributed by atoms with Gasteiger partial charge in [0.05, 0.1) is 30.6 Å². The van der Waals surface area contributed by atoms with E-state index in [0.29, 0.717) is 25.0 Å². The summed E-state index contributed by atoms with van der Waals surface area (Å²) in [7, 11) is 0. The summed E-state index contributed by atoms with van der Waals surface area (Å²) in [4.78, 5) is 8.61. The van der Waals surface area contributed by atoms with Gasteiger partial charge in [-0.05, 0) is 25.1 Å². The van der Waals surface area contributed by atoms with Gasteiger partial charge in [0.2, 0.25) is 0 Å². The van der Waals surface area contributed by atoms with Crippen molar-refractivity contribution in [3.63, 3.8) is 0 Å². The molecule has 0 aliphatic carbocycles. The van der Waals surface area contributed by atoms with Crippen molar-refractivity contribution in [2.45, 2.75) is 13.0 Å². The summed E-state index contributed by atoms with van der Waals surface area (Å²) in [6.07, 6.45) is 3.51. The fourth-order valence-electron chi connectivity index (χ4n) is 1.34. The van der Waals surface area contributed by atoms with Gasteiger partial charge in [-0.3, -0.25) is 9.98 Å². The van der Waals surface area contributed by atoms with Gasteiger partial charge in [0.15, 0.2) is 0 Å². The summed E-state index contributed by atoms with van der Waals surface area (Å²) in [5.74, 6) is 0. The van der Waals surface area contributed by atoms with E-state index in [1.54, 1.807) is 12.3 Å². The van der Waals surface area contributed by atoms with Crippen molar-refractivity contribution in [1.82, 2.24) is 4.98 Å². The predicted octanol–water partition coefficient (Wildman–Crippen LogP) is 1.16. The van der Waals surface area contributed by atoms with Gasteiger partial charge in [-0.1, -0.05) is 6.07 Å². The van der Waals surface area contributed by atoms with Crippen LogP contribution in [0.15, 0.2) is 29.3 Å². The number of hydrogen-bond donors (Lipinski definition) is 1. The first-order chi connectivity index (χ1) is 7.75.